The molecule has 0 amide bonds. The summed E-state index contributed by atoms with van der Waals surface area (Å²) in [5, 5.41) is 3.63. The number of rotatable bonds is 12. The maximum atomic E-state index is 4.64. The molecule has 0 radical (unpaired) electrons. The molecule has 0 aliphatic carbocycles. The van der Waals surface area contributed by atoms with Gasteiger partial charge in [0.25, 0.3) is 0 Å². The van der Waals surface area contributed by atoms with Gasteiger partial charge < -0.3 is 15.1 Å². The summed E-state index contributed by atoms with van der Waals surface area (Å²) < 4.78 is 0. The largest absolute Gasteiger partial charge is 0.314 e. The van der Waals surface area contributed by atoms with Gasteiger partial charge in [0.2, 0.25) is 0 Å². The van der Waals surface area contributed by atoms with Crippen LogP contribution >= 0.6 is 0 Å². The van der Waals surface area contributed by atoms with Crippen LogP contribution in [0.2, 0.25) is 0 Å². The van der Waals surface area contributed by atoms with Gasteiger partial charge in [0.1, 0.15) is 5.82 Å². The predicted molar refractivity (Wildman–Crippen MR) is 107 cm³/mol. The molecule has 1 fully saturated rings. The third-order valence-corrected chi connectivity index (χ3v) is 5.36. The molecule has 1 aromatic rings. The molecule has 2 heterocycles. The maximum Gasteiger partial charge on any atom is 0.177 e. The highest BCUT2D eigenvalue weighted by Crippen LogP contribution is 2.12. The van der Waals surface area contributed by atoms with Crippen molar-refractivity contribution in [1.29, 1.82) is 0 Å². The van der Waals surface area contributed by atoms with Gasteiger partial charge in [0, 0.05) is 19.3 Å². The molecule has 1 atom stereocenters. The van der Waals surface area contributed by atoms with Crippen LogP contribution in [0.5, 0.6) is 0 Å². The Morgan fingerprint density at radius 3 is 2.36 bits per heavy atom. The van der Waals surface area contributed by atoms with Crippen molar-refractivity contribution in [2.24, 2.45) is 0 Å². The second-order valence-corrected chi connectivity index (χ2v) is 7.38. The Morgan fingerprint density at radius 1 is 1.04 bits per heavy atom. The second-order valence-electron chi connectivity index (χ2n) is 7.38. The lowest BCUT2D eigenvalue weighted by atomic mass is 10.1. The quantitative estimate of drug-likeness (QED) is 0.570. The van der Waals surface area contributed by atoms with Crippen LogP contribution < -0.4 is 15.1 Å². The fraction of sp³-hybridized carbons (Fsp3) is 0.762. The second kappa shape index (κ2) is 12.3. The summed E-state index contributed by atoms with van der Waals surface area (Å²) in [5.74, 6) is 1.15. The topological polar surface area (TPSA) is 32.6 Å². The van der Waals surface area contributed by atoms with Gasteiger partial charge in [-0.2, -0.15) is 0 Å². The van der Waals surface area contributed by atoms with E-state index in [1.165, 1.54) is 64.5 Å². The van der Waals surface area contributed by atoms with Crippen molar-refractivity contribution < 1.29 is 4.90 Å². The maximum absolute atomic E-state index is 4.64. The molecular formula is C21H39N4+. The third-order valence-electron chi connectivity index (χ3n) is 5.36. The number of hydrogen-bond acceptors (Lipinski definition) is 3. The number of quaternary nitrogens is 1. The van der Waals surface area contributed by atoms with Crippen LogP contribution in [0.3, 0.4) is 0 Å². The Bertz CT molecular complexity index is 425. The minimum atomic E-state index is 0.520. The molecule has 142 valence electrons. The molecule has 1 unspecified atom stereocenters. The Kier molecular flexibility index (Phi) is 9.90. The van der Waals surface area contributed by atoms with Crippen LogP contribution in [0.15, 0.2) is 24.4 Å². The van der Waals surface area contributed by atoms with Crippen LogP contribution in [0.25, 0.3) is 0 Å². The Morgan fingerprint density at radius 2 is 1.76 bits per heavy atom. The van der Waals surface area contributed by atoms with Gasteiger partial charge in [-0.05, 0) is 37.8 Å². The highest BCUT2D eigenvalue weighted by atomic mass is 15.4. The van der Waals surface area contributed by atoms with E-state index in [0.29, 0.717) is 6.17 Å². The van der Waals surface area contributed by atoms with Gasteiger partial charge >= 0.3 is 0 Å². The minimum Gasteiger partial charge on any atom is -0.314 e. The van der Waals surface area contributed by atoms with Crippen molar-refractivity contribution in [3.05, 3.63) is 24.4 Å². The fourth-order valence-corrected chi connectivity index (χ4v) is 3.88. The first-order chi connectivity index (χ1) is 12.4. The van der Waals surface area contributed by atoms with E-state index in [0.717, 1.165) is 25.5 Å². The lowest BCUT2D eigenvalue weighted by molar-refractivity contribution is -0.924. The van der Waals surface area contributed by atoms with E-state index in [1.807, 2.05) is 12.3 Å². The first kappa shape index (κ1) is 20.2. The van der Waals surface area contributed by atoms with Crippen LogP contribution in [0.1, 0.15) is 65.2 Å². The summed E-state index contributed by atoms with van der Waals surface area (Å²) in [7, 11) is 0. The average molecular weight is 348 g/mol. The molecule has 0 aromatic carbocycles. The van der Waals surface area contributed by atoms with Crippen molar-refractivity contribution in [1.82, 2.24) is 10.3 Å². The molecule has 1 saturated heterocycles. The molecular weight excluding hydrogens is 308 g/mol. The Labute approximate surface area is 155 Å². The van der Waals surface area contributed by atoms with Crippen LogP contribution in [0.4, 0.5) is 5.82 Å². The van der Waals surface area contributed by atoms with E-state index in [4.69, 9.17) is 0 Å². The zero-order valence-electron chi connectivity index (χ0n) is 16.5. The first-order valence-corrected chi connectivity index (χ1v) is 10.6. The fourth-order valence-electron chi connectivity index (χ4n) is 3.88. The average Bonchev–Trinajstić information content (AvgIpc) is 2.67. The zero-order valence-corrected chi connectivity index (χ0v) is 16.5. The van der Waals surface area contributed by atoms with E-state index in [1.54, 1.807) is 4.90 Å². The number of anilines is 1. The molecule has 4 nitrogen and oxygen atoms in total. The highest BCUT2D eigenvalue weighted by molar-refractivity contribution is 5.39. The Hall–Kier alpha value is -1.13. The van der Waals surface area contributed by atoms with Crippen LogP contribution in [-0.2, 0) is 0 Å². The van der Waals surface area contributed by atoms with Crippen molar-refractivity contribution in [3.8, 4) is 0 Å². The summed E-state index contributed by atoms with van der Waals surface area (Å²) >= 11 is 0. The molecule has 0 saturated carbocycles. The molecule has 2 N–H and O–H groups in total. The van der Waals surface area contributed by atoms with E-state index in [2.05, 4.69) is 41.2 Å². The molecule has 4 heteroatoms. The molecule has 2 rings (SSSR count). The van der Waals surface area contributed by atoms with E-state index in [-0.39, 0.29) is 0 Å². The lowest BCUT2D eigenvalue weighted by Crippen LogP contribution is -3.19. The van der Waals surface area contributed by atoms with Crippen molar-refractivity contribution in [2.75, 3.05) is 37.6 Å². The number of unbranched alkanes of at least 4 members (excludes halogenated alkanes) is 6. The van der Waals surface area contributed by atoms with Crippen molar-refractivity contribution in [3.63, 3.8) is 0 Å². The zero-order chi connectivity index (χ0) is 17.7. The standard InChI is InChI=1S/C21H38N4/c1-3-5-7-11-16-24(17-12-8-6-4-2)21-19-22-15-18-25(21)20-13-9-10-14-23-20/h9-10,13-14,21-22H,3-8,11-12,15-19H2,1-2H3/p+1. The smallest absolute Gasteiger partial charge is 0.177 e. The number of hydrogen-bond donors (Lipinski definition) is 2. The Balaban J connectivity index is 1.99. The number of nitrogens with zero attached hydrogens (tertiary/aromatic N) is 2. The number of pyridine rings is 1. The van der Waals surface area contributed by atoms with Gasteiger partial charge in [-0.1, -0.05) is 45.6 Å². The summed E-state index contributed by atoms with van der Waals surface area (Å²) in [6.45, 7) is 10.4. The number of piperazine rings is 1. The van der Waals surface area contributed by atoms with Crippen LogP contribution in [-0.4, -0.2) is 43.9 Å². The number of nitrogens with one attached hydrogen (secondary N) is 2. The first-order valence-electron chi connectivity index (χ1n) is 10.6. The lowest BCUT2D eigenvalue weighted by Gasteiger charge is -2.41. The molecule has 1 aromatic heterocycles. The molecule has 0 spiro atoms. The van der Waals surface area contributed by atoms with E-state index >= 15 is 0 Å². The summed E-state index contributed by atoms with van der Waals surface area (Å²) in [5.41, 5.74) is 0. The van der Waals surface area contributed by atoms with Crippen LogP contribution in [0, 0.1) is 0 Å². The predicted octanol–water partition coefficient (Wildman–Crippen LogP) is 2.86. The monoisotopic (exact) mass is 347 g/mol. The van der Waals surface area contributed by atoms with Crippen molar-refractivity contribution in [2.45, 2.75) is 71.4 Å². The summed E-state index contributed by atoms with van der Waals surface area (Å²) in [6, 6.07) is 6.30. The summed E-state index contributed by atoms with van der Waals surface area (Å²) in [4.78, 5) is 8.94. The molecule has 1 aliphatic rings. The summed E-state index contributed by atoms with van der Waals surface area (Å²) in [6.07, 6.45) is 13.3. The van der Waals surface area contributed by atoms with Crippen molar-refractivity contribution >= 4 is 5.82 Å². The normalized spacial score (nSPS) is 18.0. The van der Waals surface area contributed by atoms with E-state index < -0.39 is 0 Å². The SMILES string of the molecule is CCCCCC[NH+](CCCCCC)C1CNCCN1c1ccccn1. The minimum absolute atomic E-state index is 0.520. The van der Waals surface area contributed by atoms with Gasteiger partial charge in [-0.3, -0.25) is 0 Å². The number of aromatic nitrogens is 1. The van der Waals surface area contributed by atoms with Gasteiger partial charge in [-0.15, -0.1) is 0 Å². The third kappa shape index (κ3) is 6.95. The van der Waals surface area contributed by atoms with E-state index in [9.17, 15) is 0 Å². The van der Waals surface area contributed by atoms with Gasteiger partial charge in [0.05, 0.1) is 19.6 Å². The molecule has 25 heavy (non-hydrogen) atoms. The molecule has 0 bridgehead atoms. The highest BCUT2D eigenvalue weighted by Gasteiger charge is 2.31. The van der Waals surface area contributed by atoms with Gasteiger partial charge in [0.15, 0.2) is 6.17 Å². The van der Waals surface area contributed by atoms with Gasteiger partial charge in [-0.25, -0.2) is 4.98 Å². The molecule has 1 aliphatic heterocycles.